The lowest BCUT2D eigenvalue weighted by Gasteiger charge is -2.18. The normalized spacial score (nSPS) is 14.7. The standard InChI is InChI=1S/C10H20N2O3/c1-6(2)8(10(14)15)5-12-9(13)7(3)4-11/h6-8H,4-5,11H2,1-3H3,(H,12,13)(H,14,15). The maximum absolute atomic E-state index is 11.3. The number of hydrogen-bond donors (Lipinski definition) is 3. The van der Waals surface area contributed by atoms with Crippen LogP contribution in [-0.4, -0.2) is 30.1 Å². The van der Waals surface area contributed by atoms with Crippen molar-refractivity contribution in [2.75, 3.05) is 13.1 Å². The Kier molecular flexibility index (Phi) is 5.93. The van der Waals surface area contributed by atoms with Crippen LogP contribution in [0.2, 0.25) is 0 Å². The monoisotopic (exact) mass is 216 g/mol. The second-order valence-corrected chi connectivity index (χ2v) is 4.07. The van der Waals surface area contributed by atoms with Gasteiger partial charge in [0.15, 0.2) is 0 Å². The van der Waals surface area contributed by atoms with E-state index in [0.29, 0.717) is 0 Å². The molecule has 0 fully saturated rings. The zero-order valence-electron chi connectivity index (χ0n) is 9.49. The van der Waals surface area contributed by atoms with Gasteiger partial charge in [-0.15, -0.1) is 0 Å². The fraction of sp³-hybridized carbons (Fsp3) is 0.800. The fourth-order valence-corrected chi connectivity index (χ4v) is 1.10. The number of aliphatic carboxylic acids is 1. The molecular formula is C10H20N2O3. The molecule has 0 aliphatic rings. The van der Waals surface area contributed by atoms with Crippen molar-refractivity contribution < 1.29 is 14.7 Å². The van der Waals surface area contributed by atoms with Gasteiger partial charge in [0, 0.05) is 19.0 Å². The minimum Gasteiger partial charge on any atom is -0.481 e. The molecule has 0 aliphatic heterocycles. The van der Waals surface area contributed by atoms with Crippen molar-refractivity contribution in [3.05, 3.63) is 0 Å². The molecule has 5 heteroatoms. The highest BCUT2D eigenvalue weighted by atomic mass is 16.4. The number of hydrogen-bond acceptors (Lipinski definition) is 3. The number of carboxylic acid groups (broad SMARTS) is 1. The quantitative estimate of drug-likeness (QED) is 0.585. The number of rotatable bonds is 6. The second kappa shape index (κ2) is 6.40. The van der Waals surface area contributed by atoms with Gasteiger partial charge in [0.05, 0.1) is 5.92 Å². The molecule has 2 unspecified atom stereocenters. The first-order chi connectivity index (χ1) is 6.90. The predicted molar refractivity (Wildman–Crippen MR) is 57.2 cm³/mol. The van der Waals surface area contributed by atoms with Gasteiger partial charge in [-0.2, -0.15) is 0 Å². The van der Waals surface area contributed by atoms with Gasteiger partial charge < -0.3 is 16.2 Å². The molecule has 0 radical (unpaired) electrons. The average molecular weight is 216 g/mol. The third-order valence-corrected chi connectivity index (χ3v) is 2.42. The lowest BCUT2D eigenvalue weighted by molar-refractivity contribution is -0.143. The zero-order chi connectivity index (χ0) is 12.0. The Balaban J connectivity index is 4.11. The summed E-state index contributed by atoms with van der Waals surface area (Å²) in [6.07, 6.45) is 0. The van der Waals surface area contributed by atoms with E-state index in [9.17, 15) is 9.59 Å². The second-order valence-electron chi connectivity index (χ2n) is 4.07. The summed E-state index contributed by atoms with van der Waals surface area (Å²) >= 11 is 0. The summed E-state index contributed by atoms with van der Waals surface area (Å²) in [5.41, 5.74) is 5.32. The summed E-state index contributed by atoms with van der Waals surface area (Å²) in [5.74, 6) is -1.89. The van der Waals surface area contributed by atoms with Crippen molar-refractivity contribution in [2.24, 2.45) is 23.5 Å². The molecular weight excluding hydrogens is 196 g/mol. The van der Waals surface area contributed by atoms with Crippen LogP contribution >= 0.6 is 0 Å². The molecule has 0 aromatic heterocycles. The Bertz CT molecular complexity index is 229. The van der Waals surface area contributed by atoms with Crippen LogP contribution < -0.4 is 11.1 Å². The van der Waals surface area contributed by atoms with Crippen molar-refractivity contribution in [3.8, 4) is 0 Å². The van der Waals surface area contributed by atoms with Crippen molar-refractivity contribution in [2.45, 2.75) is 20.8 Å². The van der Waals surface area contributed by atoms with E-state index in [4.69, 9.17) is 10.8 Å². The minimum absolute atomic E-state index is 0.00372. The van der Waals surface area contributed by atoms with Gasteiger partial charge in [0.25, 0.3) is 0 Å². The molecule has 88 valence electrons. The van der Waals surface area contributed by atoms with Crippen molar-refractivity contribution >= 4 is 11.9 Å². The molecule has 15 heavy (non-hydrogen) atoms. The highest BCUT2D eigenvalue weighted by molar-refractivity contribution is 5.79. The molecule has 0 aromatic carbocycles. The van der Waals surface area contributed by atoms with Crippen molar-refractivity contribution in [1.82, 2.24) is 5.32 Å². The van der Waals surface area contributed by atoms with Crippen LogP contribution in [0.25, 0.3) is 0 Å². The van der Waals surface area contributed by atoms with E-state index < -0.39 is 11.9 Å². The highest BCUT2D eigenvalue weighted by Crippen LogP contribution is 2.09. The molecule has 0 saturated carbocycles. The maximum atomic E-state index is 11.3. The molecule has 0 aliphatic carbocycles. The third-order valence-electron chi connectivity index (χ3n) is 2.42. The Labute approximate surface area is 90.0 Å². The Morgan fingerprint density at radius 1 is 1.33 bits per heavy atom. The Hall–Kier alpha value is -1.10. The van der Waals surface area contributed by atoms with Crippen LogP contribution in [0.4, 0.5) is 0 Å². The van der Waals surface area contributed by atoms with E-state index in [1.165, 1.54) is 0 Å². The molecule has 0 heterocycles. The Morgan fingerprint density at radius 3 is 2.20 bits per heavy atom. The van der Waals surface area contributed by atoms with Gasteiger partial charge in [0.2, 0.25) is 5.91 Å². The first kappa shape index (κ1) is 13.9. The molecule has 1 amide bonds. The van der Waals surface area contributed by atoms with Crippen molar-refractivity contribution in [1.29, 1.82) is 0 Å². The largest absolute Gasteiger partial charge is 0.481 e. The molecule has 0 aromatic rings. The topological polar surface area (TPSA) is 92.4 Å². The molecule has 0 bridgehead atoms. The van der Waals surface area contributed by atoms with Crippen LogP contribution in [0, 0.1) is 17.8 Å². The number of nitrogens with one attached hydrogen (secondary N) is 1. The first-order valence-corrected chi connectivity index (χ1v) is 5.10. The number of carbonyl (C=O) groups is 2. The van der Waals surface area contributed by atoms with E-state index >= 15 is 0 Å². The van der Waals surface area contributed by atoms with Gasteiger partial charge in [-0.25, -0.2) is 0 Å². The number of carbonyl (C=O) groups excluding carboxylic acids is 1. The third kappa shape index (κ3) is 4.78. The van der Waals surface area contributed by atoms with Gasteiger partial charge in [0.1, 0.15) is 0 Å². The lowest BCUT2D eigenvalue weighted by Crippen LogP contribution is -2.39. The van der Waals surface area contributed by atoms with Gasteiger partial charge in [-0.3, -0.25) is 9.59 Å². The molecule has 2 atom stereocenters. The van der Waals surface area contributed by atoms with Crippen LogP contribution in [0.1, 0.15) is 20.8 Å². The van der Waals surface area contributed by atoms with Gasteiger partial charge in [-0.05, 0) is 5.92 Å². The molecule has 0 rings (SSSR count). The summed E-state index contributed by atoms with van der Waals surface area (Å²) in [6.45, 7) is 5.77. The van der Waals surface area contributed by atoms with Crippen LogP contribution in [0.5, 0.6) is 0 Å². The fourth-order valence-electron chi connectivity index (χ4n) is 1.10. The molecule has 0 spiro atoms. The molecule has 0 saturated heterocycles. The number of carboxylic acids is 1. The molecule has 4 N–H and O–H groups in total. The van der Waals surface area contributed by atoms with E-state index in [1.54, 1.807) is 6.92 Å². The van der Waals surface area contributed by atoms with E-state index in [-0.39, 0.29) is 30.8 Å². The summed E-state index contributed by atoms with van der Waals surface area (Å²) in [7, 11) is 0. The molecule has 5 nitrogen and oxygen atoms in total. The minimum atomic E-state index is -0.884. The van der Waals surface area contributed by atoms with Crippen LogP contribution in [-0.2, 0) is 9.59 Å². The summed E-state index contributed by atoms with van der Waals surface area (Å²) in [4.78, 5) is 22.2. The first-order valence-electron chi connectivity index (χ1n) is 5.10. The van der Waals surface area contributed by atoms with Crippen LogP contribution in [0.15, 0.2) is 0 Å². The summed E-state index contributed by atoms with van der Waals surface area (Å²) in [6, 6.07) is 0. The van der Waals surface area contributed by atoms with Gasteiger partial charge in [-0.1, -0.05) is 20.8 Å². The Morgan fingerprint density at radius 2 is 1.87 bits per heavy atom. The SMILES string of the molecule is CC(CN)C(=O)NCC(C(=O)O)C(C)C. The van der Waals surface area contributed by atoms with E-state index in [1.807, 2.05) is 13.8 Å². The predicted octanol–water partition coefficient (Wildman–Crippen LogP) is 0.0542. The van der Waals surface area contributed by atoms with Crippen LogP contribution in [0.3, 0.4) is 0 Å². The average Bonchev–Trinajstić information content (AvgIpc) is 2.15. The van der Waals surface area contributed by atoms with Crippen molar-refractivity contribution in [3.63, 3.8) is 0 Å². The lowest BCUT2D eigenvalue weighted by atomic mass is 9.96. The van der Waals surface area contributed by atoms with E-state index in [2.05, 4.69) is 5.32 Å². The number of nitrogens with two attached hydrogens (primary N) is 1. The maximum Gasteiger partial charge on any atom is 0.308 e. The highest BCUT2D eigenvalue weighted by Gasteiger charge is 2.22. The smallest absolute Gasteiger partial charge is 0.308 e. The van der Waals surface area contributed by atoms with Gasteiger partial charge >= 0.3 is 5.97 Å². The van der Waals surface area contributed by atoms with E-state index in [0.717, 1.165) is 0 Å². The summed E-state index contributed by atoms with van der Waals surface area (Å²) in [5, 5.41) is 11.5. The zero-order valence-corrected chi connectivity index (χ0v) is 9.49. The number of amides is 1. The summed E-state index contributed by atoms with van der Waals surface area (Å²) < 4.78 is 0.